The highest BCUT2D eigenvalue weighted by Gasteiger charge is 2.42. The molecule has 25 heavy (non-hydrogen) atoms. The first-order valence-corrected chi connectivity index (χ1v) is 8.53. The lowest BCUT2D eigenvalue weighted by atomic mass is 10.1. The number of amides is 3. The van der Waals surface area contributed by atoms with Crippen molar-refractivity contribution in [2.24, 2.45) is 5.92 Å². The quantitative estimate of drug-likeness (QED) is 0.773. The van der Waals surface area contributed by atoms with Crippen molar-refractivity contribution in [3.63, 3.8) is 0 Å². The van der Waals surface area contributed by atoms with E-state index in [0.29, 0.717) is 26.2 Å². The number of benzene rings is 1. The molecule has 0 aromatic heterocycles. The molecule has 134 valence electrons. The van der Waals surface area contributed by atoms with E-state index in [9.17, 15) is 18.8 Å². The summed E-state index contributed by atoms with van der Waals surface area (Å²) in [4.78, 5) is 41.7. The summed E-state index contributed by atoms with van der Waals surface area (Å²) in [7, 11) is 0. The lowest BCUT2D eigenvalue weighted by Crippen LogP contribution is -2.55. The maximum Gasteiger partial charge on any atom is 0.245 e. The van der Waals surface area contributed by atoms with Crippen molar-refractivity contribution in [1.82, 2.24) is 9.80 Å². The van der Waals surface area contributed by atoms with Gasteiger partial charge in [-0.25, -0.2) is 4.39 Å². The smallest absolute Gasteiger partial charge is 0.245 e. The van der Waals surface area contributed by atoms with Crippen LogP contribution in [0.25, 0.3) is 0 Å². The predicted molar refractivity (Wildman–Crippen MR) is 90.3 cm³/mol. The van der Waals surface area contributed by atoms with Crippen LogP contribution in [0.1, 0.15) is 20.3 Å². The van der Waals surface area contributed by atoms with Gasteiger partial charge in [-0.1, -0.05) is 6.92 Å². The van der Waals surface area contributed by atoms with Gasteiger partial charge in [-0.15, -0.1) is 0 Å². The van der Waals surface area contributed by atoms with E-state index in [0.717, 1.165) is 10.6 Å². The van der Waals surface area contributed by atoms with Gasteiger partial charge in [0, 0.05) is 44.2 Å². The van der Waals surface area contributed by atoms with Gasteiger partial charge in [0.1, 0.15) is 11.9 Å². The van der Waals surface area contributed by atoms with Crippen molar-refractivity contribution in [1.29, 1.82) is 0 Å². The van der Waals surface area contributed by atoms with Crippen molar-refractivity contribution >= 4 is 23.4 Å². The van der Waals surface area contributed by atoms with Gasteiger partial charge in [-0.05, 0) is 31.2 Å². The summed E-state index contributed by atoms with van der Waals surface area (Å²) in [5.41, 5.74) is 0.917. The Balaban J connectivity index is 1.60. The van der Waals surface area contributed by atoms with E-state index in [1.54, 1.807) is 30.9 Å². The number of hydrogen-bond acceptors (Lipinski definition) is 4. The Kier molecular flexibility index (Phi) is 4.74. The molecule has 2 unspecified atom stereocenters. The molecule has 2 aliphatic rings. The highest BCUT2D eigenvalue weighted by Crippen LogP contribution is 2.23. The molecule has 1 aromatic rings. The van der Waals surface area contributed by atoms with Crippen LogP contribution < -0.4 is 4.90 Å². The van der Waals surface area contributed by atoms with E-state index in [1.165, 1.54) is 12.1 Å². The fourth-order valence-corrected chi connectivity index (χ4v) is 3.43. The molecule has 0 N–H and O–H groups in total. The Labute approximate surface area is 146 Å². The largest absolute Gasteiger partial charge is 0.368 e. The number of halogens is 1. The van der Waals surface area contributed by atoms with Gasteiger partial charge in [0.05, 0.1) is 0 Å². The van der Waals surface area contributed by atoms with Crippen LogP contribution in [0.15, 0.2) is 24.3 Å². The van der Waals surface area contributed by atoms with Crippen LogP contribution in [0.3, 0.4) is 0 Å². The second-order valence-corrected chi connectivity index (χ2v) is 6.67. The van der Waals surface area contributed by atoms with Crippen molar-refractivity contribution in [2.45, 2.75) is 26.3 Å². The van der Waals surface area contributed by atoms with E-state index in [4.69, 9.17) is 0 Å². The molecule has 0 aliphatic carbocycles. The van der Waals surface area contributed by atoms with E-state index >= 15 is 0 Å². The molecular weight excluding hydrogens is 325 g/mol. The average molecular weight is 347 g/mol. The maximum atomic E-state index is 13.0. The molecule has 1 aromatic carbocycles. The number of imide groups is 1. The van der Waals surface area contributed by atoms with E-state index < -0.39 is 6.04 Å². The molecule has 2 heterocycles. The molecular formula is C18H22FN3O3. The average Bonchev–Trinajstić information content (AvgIpc) is 2.87. The van der Waals surface area contributed by atoms with Crippen LogP contribution in [0.5, 0.6) is 0 Å². The first-order chi connectivity index (χ1) is 11.9. The summed E-state index contributed by atoms with van der Waals surface area (Å²) in [5.74, 6) is -1.37. The molecule has 2 atom stereocenters. The minimum atomic E-state index is -0.762. The highest BCUT2D eigenvalue weighted by molar-refractivity contribution is 6.06. The van der Waals surface area contributed by atoms with Crippen LogP contribution in [0.4, 0.5) is 10.1 Å². The van der Waals surface area contributed by atoms with Gasteiger partial charge in [0.2, 0.25) is 17.7 Å². The van der Waals surface area contributed by atoms with Crippen LogP contribution in [0, 0.1) is 11.7 Å². The molecule has 2 fully saturated rings. The number of piperazine rings is 1. The number of carbonyl (C=O) groups excluding carboxylic acids is 3. The molecule has 7 heteroatoms. The van der Waals surface area contributed by atoms with Gasteiger partial charge in [-0.2, -0.15) is 0 Å². The Morgan fingerprint density at radius 1 is 1.12 bits per heavy atom. The monoisotopic (exact) mass is 347 g/mol. The summed E-state index contributed by atoms with van der Waals surface area (Å²) in [6.45, 7) is 5.59. The molecule has 3 amide bonds. The fourth-order valence-electron chi connectivity index (χ4n) is 3.43. The molecule has 2 saturated heterocycles. The van der Waals surface area contributed by atoms with E-state index in [-0.39, 0.29) is 35.9 Å². The lowest BCUT2D eigenvalue weighted by Gasteiger charge is -2.38. The summed E-state index contributed by atoms with van der Waals surface area (Å²) >= 11 is 0. The highest BCUT2D eigenvalue weighted by atomic mass is 19.1. The standard InChI is InChI=1S/C18H22FN3O3/c1-12-11-16(23)22(17(12)24)13(2)18(25)21-9-7-20(8-10-21)15-5-3-14(19)4-6-15/h3-6,12-13H,7-11H2,1-2H3. The zero-order chi connectivity index (χ0) is 18.1. The second kappa shape index (κ2) is 6.82. The number of anilines is 1. The Bertz CT molecular complexity index is 683. The third kappa shape index (κ3) is 3.36. The van der Waals surface area contributed by atoms with E-state index in [2.05, 4.69) is 4.90 Å². The van der Waals surface area contributed by atoms with Gasteiger partial charge < -0.3 is 9.80 Å². The topological polar surface area (TPSA) is 60.9 Å². The number of hydrogen-bond donors (Lipinski definition) is 0. The number of carbonyl (C=O) groups is 3. The predicted octanol–water partition coefficient (Wildman–Crippen LogP) is 1.26. The summed E-state index contributed by atoms with van der Waals surface area (Å²) in [5, 5.41) is 0. The number of nitrogens with zero attached hydrogens (tertiary/aromatic N) is 3. The normalized spacial score (nSPS) is 22.5. The van der Waals surface area contributed by atoms with E-state index in [1.807, 2.05) is 0 Å². The first-order valence-electron chi connectivity index (χ1n) is 8.53. The van der Waals surface area contributed by atoms with Crippen molar-refractivity contribution < 1.29 is 18.8 Å². The third-order valence-corrected chi connectivity index (χ3v) is 4.94. The summed E-state index contributed by atoms with van der Waals surface area (Å²) < 4.78 is 13.0. The maximum absolute atomic E-state index is 13.0. The van der Waals surface area contributed by atoms with Crippen LogP contribution in [0.2, 0.25) is 0 Å². The molecule has 6 nitrogen and oxygen atoms in total. The van der Waals surface area contributed by atoms with Gasteiger partial charge in [0.25, 0.3) is 0 Å². The van der Waals surface area contributed by atoms with Crippen molar-refractivity contribution in [3.05, 3.63) is 30.1 Å². The minimum Gasteiger partial charge on any atom is -0.368 e. The first kappa shape index (κ1) is 17.4. The van der Waals surface area contributed by atoms with Crippen molar-refractivity contribution in [2.75, 3.05) is 31.1 Å². The number of likely N-dealkylation sites (tertiary alicyclic amines) is 1. The molecule has 0 bridgehead atoms. The molecule has 0 saturated carbocycles. The van der Waals surface area contributed by atoms with Gasteiger partial charge >= 0.3 is 0 Å². The van der Waals surface area contributed by atoms with Crippen LogP contribution >= 0.6 is 0 Å². The zero-order valence-corrected chi connectivity index (χ0v) is 14.4. The molecule has 0 spiro atoms. The van der Waals surface area contributed by atoms with Crippen LogP contribution in [-0.4, -0.2) is 59.7 Å². The third-order valence-electron chi connectivity index (χ3n) is 4.94. The number of rotatable bonds is 3. The minimum absolute atomic E-state index is 0.175. The Morgan fingerprint density at radius 3 is 2.24 bits per heavy atom. The van der Waals surface area contributed by atoms with Crippen LogP contribution in [-0.2, 0) is 14.4 Å². The van der Waals surface area contributed by atoms with Gasteiger partial charge in [-0.3, -0.25) is 19.3 Å². The SMILES string of the molecule is CC1CC(=O)N(C(C)C(=O)N2CCN(c3ccc(F)cc3)CC2)C1=O. The van der Waals surface area contributed by atoms with Crippen molar-refractivity contribution in [3.8, 4) is 0 Å². The molecule has 0 radical (unpaired) electrons. The Morgan fingerprint density at radius 2 is 1.72 bits per heavy atom. The zero-order valence-electron chi connectivity index (χ0n) is 14.4. The summed E-state index contributed by atoms with van der Waals surface area (Å²) in [6.07, 6.45) is 0.175. The van der Waals surface area contributed by atoms with Gasteiger partial charge in [0.15, 0.2) is 0 Å². The molecule has 3 rings (SSSR count). The fraction of sp³-hybridized carbons (Fsp3) is 0.500. The lowest BCUT2D eigenvalue weighted by molar-refractivity contribution is -0.150. The molecule has 2 aliphatic heterocycles. The summed E-state index contributed by atoms with van der Waals surface area (Å²) in [6, 6.07) is 5.51. The second-order valence-electron chi connectivity index (χ2n) is 6.67. The Hall–Kier alpha value is -2.44.